The van der Waals surface area contributed by atoms with Gasteiger partial charge >= 0.3 is 0 Å². The molecule has 10 heteroatoms. The van der Waals surface area contributed by atoms with E-state index >= 15 is 0 Å². The molecule has 0 unspecified atom stereocenters. The molecule has 4 rings (SSSR count). The zero-order valence-corrected chi connectivity index (χ0v) is 19.8. The lowest BCUT2D eigenvalue weighted by molar-refractivity contribution is -0.384. The molecule has 9 nitrogen and oxygen atoms in total. The molecule has 0 saturated heterocycles. The summed E-state index contributed by atoms with van der Waals surface area (Å²) in [7, 11) is 1.61. The molecule has 0 aliphatic carbocycles. The van der Waals surface area contributed by atoms with E-state index in [0.29, 0.717) is 29.6 Å². The number of nitro groups is 1. The Morgan fingerprint density at radius 1 is 1.00 bits per heavy atom. The van der Waals surface area contributed by atoms with E-state index in [0.717, 1.165) is 16.9 Å². The zero-order valence-electron chi connectivity index (χ0n) is 19.0. The van der Waals surface area contributed by atoms with E-state index in [1.54, 1.807) is 19.2 Å². The highest BCUT2D eigenvalue weighted by Crippen LogP contribution is 2.26. The number of ether oxygens (including phenoxy) is 1. The summed E-state index contributed by atoms with van der Waals surface area (Å²) in [6.45, 7) is 0.907. The number of hydrogen-bond acceptors (Lipinski definition) is 7. The smallest absolute Gasteiger partial charge is 0.269 e. The summed E-state index contributed by atoms with van der Waals surface area (Å²) < 4.78 is 7.07. The van der Waals surface area contributed by atoms with Gasteiger partial charge in [-0.2, -0.15) is 0 Å². The molecule has 1 N–H and O–H groups in total. The second-order valence-electron chi connectivity index (χ2n) is 7.60. The van der Waals surface area contributed by atoms with Gasteiger partial charge in [-0.3, -0.25) is 19.5 Å². The number of nitrogens with zero attached hydrogens (tertiary/aromatic N) is 4. The Kier molecular flexibility index (Phi) is 7.74. The van der Waals surface area contributed by atoms with E-state index in [2.05, 4.69) is 15.5 Å². The highest BCUT2D eigenvalue weighted by Gasteiger charge is 2.17. The number of aromatic nitrogens is 3. The molecule has 0 saturated carbocycles. The molecule has 178 valence electrons. The minimum atomic E-state index is -0.440. The Morgan fingerprint density at radius 3 is 2.37 bits per heavy atom. The van der Waals surface area contributed by atoms with Crippen molar-refractivity contribution in [2.24, 2.45) is 0 Å². The number of methoxy groups -OCH3 is 1. The van der Waals surface area contributed by atoms with Crippen molar-refractivity contribution in [2.45, 2.75) is 18.2 Å². The van der Waals surface area contributed by atoms with Crippen LogP contribution in [0.5, 0.6) is 5.75 Å². The van der Waals surface area contributed by atoms with Gasteiger partial charge in [0.1, 0.15) is 5.75 Å². The lowest BCUT2D eigenvalue weighted by Crippen LogP contribution is -2.24. The number of hydrogen-bond donors (Lipinski definition) is 1. The minimum Gasteiger partial charge on any atom is -0.497 e. The standard InChI is InChI=1S/C25H23N5O4S/c1-34-22-13-7-18(8-14-22)15-26-23(31)17-35-25-28-27-24(20-9-11-21(12-10-20)30(32)33)29(25)16-19-5-3-2-4-6-19/h2-14H,15-17H2,1H3,(H,26,31). The summed E-state index contributed by atoms with van der Waals surface area (Å²) in [6, 6.07) is 23.5. The molecule has 0 spiro atoms. The molecule has 0 bridgehead atoms. The Labute approximate surface area is 206 Å². The van der Waals surface area contributed by atoms with E-state index in [9.17, 15) is 14.9 Å². The largest absolute Gasteiger partial charge is 0.497 e. The van der Waals surface area contributed by atoms with Crippen molar-refractivity contribution in [2.75, 3.05) is 12.9 Å². The average Bonchev–Trinajstić information content (AvgIpc) is 3.29. The highest BCUT2D eigenvalue weighted by atomic mass is 32.2. The van der Waals surface area contributed by atoms with Gasteiger partial charge in [0.15, 0.2) is 11.0 Å². The molecular weight excluding hydrogens is 466 g/mol. The number of carbonyl (C=O) groups excluding carboxylic acids is 1. The van der Waals surface area contributed by atoms with Crippen LogP contribution in [0.1, 0.15) is 11.1 Å². The van der Waals surface area contributed by atoms with Crippen LogP contribution in [0.4, 0.5) is 5.69 Å². The van der Waals surface area contributed by atoms with E-state index in [1.807, 2.05) is 59.2 Å². The second kappa shape index (κ2) is 11.3. The van der Waals surface area contributed by atoms with Crippen LogP contribution >= 0.6 is 11.8 Å². The SMILES string of the molecule is COc1ccc(CNC(=O)CSc2nnc(-c3ccc([N+](=O)[O-])cc3)n2Cc2ccccc2)cc1. The van der Waals surface area contributed by atoms with Crippen LogP contribution in [0, 0.1) is 10.1 Å². The molecular formula is C25H23N5O4S. The molecule has 35 heavy (non-hydrogen) atoms. The van der Waals surface area contributed by atoms with Crippen molar-refractivity contribution in [3.8, 4) is 17.1 Å². The van der Waals surface area contributed by atoms with Crippen molar-refractivity contribution in [3.05, 3.63) is 100 Å². The normalized spacial score (nSPS) is 10.7. The van der Waals surface area contributed by atoms with E-state index in [4.69, 9.17) is 4.74 Å². The maximum Gasteiger partial charge on any atom is 0.269 e. The third-order valence-corrected chi connectivity index (χ3v) is 6.18. The fraction of sp³-hybridized carbons (Fsp3) is 0.160. The van der Waals surface area contributed by atoms with Crippen molar-refractivity contribution in [3.63, 3.8) is 0 Å². The first-order valence-corrected chi connectivity index (χ1v) is 11.8. The molecule has 0 aliphatic rings. The maximum absolute atomic E-state index is 12.5. The van der Waals surface area contributed by atoms with E-state index < -0.39 is 4.92 Å². The number of non-ortho nitro benzene ring substituents is 1. The molecule has 0 fully saturated rings. The number of nitro benzene ring substituents is 1. The lowest BCUT2D eigenvalue weighted by Gasteiger charge is -2.11. The first-order chi connectivity index (χ1) is 17.0. The molecule has 0 atom stereocenters. The van der Waals surface area contributed by atoms with Crippen LogP contribution in [0.15, 0.2) is 84.0 Å². The van der Waals surface area contributed by atoms with Gasteiger partial charge in [-0.05, 0) is 35.4 Å². The number of benzene rings is 3. The van der Waals surface area contributed by atoms with Crippen LogP contribution in [-0.2, 0) is 17.9 Å². The van der Waals surface area contributed by atoms with Crippen molar-refractivity contribution < 1.29 is 14.5 Å². The van der Waals surface area contributed by atoms with Gasteiger partial charge in [-0.25, -0.2) is 0 Å². The minimum absolute atomic E-state index is 0.00556. The monoisotopic (exact) mass is 489 g/mol. The van der Waals surface area contributed by atoms with Gasteiger partial charge in [0.25, 0.3) is 5.69 Å². The van der Waals surface area contributed by atoms with Crippen molar-refractivity contribution in [1.29, 1.82) is 0 Å². The predicted molar refractivity (Wildman–Crippen MR) is 133 cm³/mol. The van der Waals surface area contributed by atoms with Gasteiger partial charge < -0.3 is 10.1 Å². The number of thioether (sulfide) groups is 1. The predicted octanol–water partition coefficient (Wildman–Crippen LogP) is 4.32. The third kappa shape index (κ3) is 6.24. The number of rotatable bonds is 10. The highest BCUT2D eigenvalue weighted by molar-refractivity contribution is 7.99. The Bertz CT molecular complexity index is 1290. The fourth-order valence-electron chi connectivity index (χ4n) is 3.37. The summed E-state index contributed by atoms with van der Waals surface area (Å²) in [5.74, 6) is 1.38. The summed E-state index contributed by atoms with van der Waals surface area (Å²) in [5, 5.41) is 23.1. The molecule has 4 aromatic rings. The maximum atomic E-state index is 12.5. The molecule has 1 amide bonds. The van der Waals surface area contributed by atoms with Gasteiger partial charge in [0.2, 0.25) is 5.91 Å². The topological polar surface area (TPSA) is 112 Å². The Hall–Kier alpha value is -4.18. The summed E-state index contributed by atoms with van der Waals surface area (Å²) in [6.07, 6.45) is 0. The van der Waals surface area contributed by atoms with Gasteiger partial charge in [0.05, 0.1) is 24.3 Å². The Balaban J connectivity index is 1.48. The molecule has 1 heterocycles. The van der Waals surface area contributed by atoms with Crippen LogP contribution in [0.3, 0.4) is 0 Å². The van der Waals surface area contributed by atoms with Crippen molar-refractivity contribution in [1.82, 2.24) is 20.1 Å². The summed E-state index contributed by atoms with van der Waals surface area (Å²) in [4.78, 5) is 23.1. The van der Waals surface area contributed by atoms with E-state index in [1.165, 1.54) is 23.9 Å². The number of nitrogens with one attached hydrogen (secondary N) is 1. The lowest BCUT2D eigenvalue weighted by atomic mass is 10.2. The third-order valence-electron chi connectivity index (χ3n) is 5.22. The second-order valence-corrected chi connectivity index (χ2v) is 8.54. The average molecular weight is 490 g/mol. The summed E-state index contributed by atoms with van der Waals surface area (Å²) in [5.41, 5.74) is 2.72. The van der Waals surface area contributed by atoms with Crippen molar-refractivity contribution >= 4 is 23.4 Å². The fourth-order valence-corrected chi connectivity index (χ4v) is 4.14. The Morgan fingerprint density at radius 2 is 1.71 bits per heavy atom. The van der Waals surface area contributed by atoms with Gasteiger partial charge in [0, 0.05) is 24.2 Å². The molecule has 0 aliphatic heterocycles. The first kappa shape index (κ1) is 24.0. The number of carbonyl (C=O) groups is 1. The number of amides is 1. The van der Waals surface area contributed by atoms with Crippen LogP contribution in [0.2, 0.25) is 0 Å². The summed E-state index contributed by atoms with van der Waals surface area (Å²) >= 11 is 1.29. The van der Waals surface area contributed by atoms with Gasteiger partial charge in [-0.15, -0.1) is 10.2 Å². The molecule has 1 aromatic heterocycles. The first-order valence-electron chi connectivity index (χ1n) is 10.8. The molecule has 3 aromatic carbocycles. The van der Waals surface area contributed by atoms with Crippen LogP contribution in [0.25, 0.3) is 11.4 Å². The zero-order chi connectivity index (χ0) is 24.6. The quantitative estimate of drug-likeness (QED) is 0.201. The van der Waals surface area contributed by atoms with E-state index in [-0.39, 0.29) is 17.3 Å². The van der Waals surface area contributed by atoms with Crippen LogP contribution < -0.4 is 10.1 Å². The van der Waals surface area contributed by atoms with Crippen LogP contribution in [-0.4, -0.2) is 38.5 Å². The molecule has 0 radical (unpaired) electrons. The van der Waals surface area contributed by atoms with Gasteiger partial charge in [-0.1, -0.05) is 54.2 Å².